The second kappa shape index (κ2) is 4.97. The molecule has 0 aromatic rings. The van der Waals surface area contributed by atoms with Crippen molar-refractivity contribution >= 4 is 6.09 Å². The summed E-state index contributed by atoms with van der Waals surface area (Å²) in [5.41, 5.74) is -0.686. The Balaban J connectivity index is 4.49. The minimum absolute atomic E-state index is 0.368. The number of amides is 1. The van der Waals surface area contributed by atoms with Crippen LogP contribution in [0.15, 0.2) is 0 Å². The van der Waals surface area contributed by atoms with E-state index in [0.29, 0.717) is 0 Å². The third kappa shape index (κ3) is 5.88. The van der Waals surface area contributed by atoms with Crippen LogP contribution in [0.1, 0.15) is 41.5 Å². The van der Waals surface area contributed by atoms with Crippen molar-refractivity contribution in [2.75, 3.05) is 0 Å². The van der Waals surface area contributed by atoms with Gasteiger partial charge in [0.1, 0.15) is 5.60 Å². The number of carbonyl (C=O) groups is 1. The number of rotatable bonds is 3. The molecule has 0 aromatic carbocycles. The summed E-state index contributed by atoms with van der Waals surface area (Å²) in [6.07, 6.45) is -0.812. The van der Waals surface area contributed by atoms with Gasteiger partial charge in [-0.3, -0.25) is 0 Å². The zero-order valence-electron chi connectivity index (χ0n) is 10.7. The van der Waals surface area contributed by atoms with Gasteiger partial charge in [0.25, 0.3) is 5.92 Å². The first-order valence-corrected chi connectivity index (χ1v) is 5.31. The average molecular weight is 237 g/mol. The molecule has 0 rings (SSSR count). The number of nitrogens with one attached hydrogen (secondary N) is 1. The average Bonchev–Trinajstić information content (AvgIpc) is 1.93. The monoisotopic (exact) mass is 237 g/mol. The van der Waals surface area contributed by atoms with Crippen molar-refractivity contribution in [2.24, 2.45) is 5.92 Å². The summed E-state index contributed by atoms with van der Waals surface area (Å²) >= 11 is 0. The molecule has 0 saturated carbocycles. The zero-order valence-corrected chi connectivity index (χ0v) is 10.7. The zero-order chi connectivity index (χ0) is 13.1. The van der Waals surface area contributed by atoms with Crippen molar-refractivity contribution in [1.29, 1.82) is 0 Å². The highest BCUT2D eigenvalue weighted by Gasteiger charge is 2.38. The predicted octanol–water partition coefficient (Wildman–Crippen LogP) is 3.19. The summed E-state index contributed by atoms with van der Waals surface area (Å²) in [6, 6.07) is -1.22. The Morgan fingerprint density at radius 3 is 1.88 bits per heavy atom. The maximum Gasteiger partial charge on any atom is 0.408 e. The van der Waals surface area contributed by atoms with Gasteiger partial charge in [-0.2, -0.15) is 0 Å². The molecule has 96 valence electrons. The maximum absolute atomic E-state index is 13.2. The molecule has 1 amide bonds. The fraction of sp³-hybridized carbons (Fsp3) is 0.909. The van der Waals surface area contributed by atoms with Crippen LogP contribution in [0.5, 0.6) is 0 Å². The molecule has 0 aliphatic rings. The van der Waals surface area contributed by atoms with Crippen LogP contribution in [0.25, 0.3) is 0 Å². The molecule has 1 N–H and O–H groups in total. The fourth-order valence-electron chi connectivity index (χ4n) is 1.31. The number of hydrogen-bond acceptors (Lipinski definition) is 2. The van der Waals surface area contributed by atoms with E-state index in [1.807, 2.05) is 0 Å². The van der Waals surface area contributed by atoms with Gasteiger partial charge in [0, 0.05) is 6.92 Å². The molecule has 0 aliphatic heterocycles. The summed E-state index contributed by atoms with van der Waals surface area (Å²) in [4.78, 5) is 11.4. The third-order valence-corrected chi connectivity index (χ3v) is 1.89. The van der Waals surface area contributed by atoms with Crippen molar-refractivity contribution in [2.45, 2.75) is 59.1 Å². The second-order valence-corrected chi connectivity index (χ2v) is 5.32. The normalized spacial score (nSPS) is 14.8. The summed E-state index contributed by atoms with van der Waals surface area (Å²) in [7, 11) is 0. The molecular formula is C11H21F2NO2. The number of halogens is 2. The number of hydrogen-bond donors (Lipinski definition) is 1. The van der Waals surface area contributed by atoms with E-state index in [-0.39, 0.29) is 5.92 Å². The molecule has 0 spiro atoms. The Kier molecular flexibility index (Phi) is 4.70. The molecule has 0 heterocycles. The molecule has 0 fully saturated rings. The maximum atomic E-state index is 13.2. The molecule has 0 bridgehead atoms. The molecular weight excluding hydrogens is 216 g/mol. The minimum atomic E-state index is -2.97. The van der Waals surface area contributed by atoms with Crippen molar-refractivity contribution in [1.82, 2.24) is 5.32 Å². The van der Waals surface area contributed by atoms with Crippen LogP contribution in [0.4, 0.5) is 13.6 Å². The van der Waals surface area contributed by atoms with E-state index in [1.165, 1.54) is 0 Å². The van der Waals surface area contributed by atoms with Crippen LogP contribution in [-0.4, -0.2) is 23.7 Å². The summed E-state index contributed by atoms with van der Waals surface area (Å²) in [5.74, 6) is -3.34. The summed E-state index contributed by atoms with van der Waals surface area (Å²) < 4.78 is 31.3. The van der Waals surface area contributed by atoms with Crippen LogP contribution < -0.4 is 5.32 Å². The number of carbonyl (C=O) groups excluding carboxylic acids is 1. The molecule has 3 nitrogen and oxygen atoms in total. The largest absolute Gasteiger partial charge is 0.444 e. The van der Waals surface area contributed by atoms with Crippen LogP contribution >= 0.6 is 0 Å². The lowest BCUT2D eigenvalue weighted by atomic mass is 9.99. The van der Waals surface area contributed by atoms with E-state index in [1.54, 1.807) is 34.6 Å². The molecule has 0 aliphatic carbocycles. The SMILES string of the molecule is CC(C)[C@@H](NC(=O)OC(C)(C)C)C(C)(F)F. The smallest absolute Gasteiger partial charge is 0.408 e. The summed E-state index contributed by atoms with van der Waals surface area (Å²) in [5, 5.41) is 2.20. The molecule has 5 heteroatoms. The van der Waals surface area contributed by atoms with Gasteiger partial charge >= 0.3 is 6.09 Å². The quantitative estimate of drug-likeness (QED) is 0.818. The predicted molar refractivity (Wildman–Crippen MR) is 58.6 cm³/mol. The van der Waals surface area contributed by atoms with E-state index in [4.69, 9.17) is 4.74 Å². The van der Waals surface area contributed by atoms with Crippen molar-refractivity contribution < 1.29 is 18.3 Å². The number of alkyl carbamates (subject to hydrolysis) is 1. The van der Waals surface area contributed by atoms with E-state index in [0.717, 1.165) is 6.92 Å². The van der Waals surface area contributed by atoms with Gasteiger partial charge in [0.05, 0.1) is 6.04 Å². The lowest BCUT2D eigenvalue weighted by molar-refractivity contribution is -0.0380. The van der Waals surface area contributed by atoms with Crippen molar-refractivity contribution in [3.63, 3.8) is 0 Å². The highest BCUT2D eigenvalue weighted by Crippen LogP contribution is 2.23. The van der Waals surface area contributed by atoms with Gasteiger partial charge < -0.3 is 10.1 Å². The Labute approximate surface area is 95.5 Å². The van der Waals surface area contributed by atoms with Crippen LogP contribution in [0, 0.1) is 5.92 Å². The van der Waals surface area contributed by atoms with E-state index in [2.05, 4.69) is 5.32 Å². The molecule has 0 unspecified atom stereocenters. The first-order chi connectivity index (χ1) is 6.93. The molecule has 16 heavy (non-hydrogen) atoms. The van der Waals surface area contributed by atoms with Crippen LogP contribution in [-0.2, 0) is 4.74 Å². The summed E-state index contributed by atoms with van der Waals surface area (Å²) in [6.45, 7) is 9.08. The van der Waals surface area contributed by atoms with Gasteiger partial charge in [0.15, 0.2) is 0 Å². The van der Waals surface area contributed by atoms with Gasteiger partial charge in [0.2, 0.25) is 0 Å². The van der Waals surface area contributed by atoms with Crippen molar-refractivity contribution in [3.05, 3.63) is 0 Å². The van der Waals surface area contributed by atoms with Gasteiger partial charge in [-0.05, 0) is 26.7 Å². The first-order valence-electron chi connectivity index (χ1n) is 5.31. The van der Waals surface area contributed by atoms with Gasteiger partial charge in [-0.15, -0.1) is 0 Å². The Bertz CT molecular complexity index is 241. The second-order valence-electron chi connectivity index (χ2n) is 5.32. The number of alkyl halides is 2. The Morgan fingerprint density at radius 2 is 1.62 bits per heavy atom. The lowest BCUT2D eigenvalue weighted by Gasteiger charge is -2.29. The number of ether oxygens (including phenoxy) is 1. The standard InChI is InChI=1S/C11H21F2NO2/c1-7(2)8(11(6,12)13)14-9(15)16-10(3,4)5/h7-8H,1-6H3,(H,14,15)/t8-/m1/s1. The van der Waals surface area contributed by atoms with E-state index >= 15 is 0 Å². The topological polar surface area (TPSA) is 38.3 Å². The fourth-order valence-corrected chi connectivity index (χ4v) is 1.31. The van der Waals surface area contributed by atoms with Crippen LogP contribution in [0.2, 0.25) is 0 Å². The first kappa shape index (κ1) is 15.1. The third-order valence-electron chi connectivity index (χ3n) is 1.89. The lowest BCUT2D eigenvalue weighted by Crippen LogP contribution is -2.50. The van der Waals surface area contributed by atoms with Crippen molar-refractivity contribution in [3.8, 4) is 0 Å². The molecule has 1 atom stereocenters. The van der Waals surface area contributed by atoms with Gasteiger partial charge in [-0.1, -0.05) is 13.8 Å². The highest BCUT2D eigenvalue weighted by molar-refractivity contribution is 5.68. The Morgan fingerprint density at radius 1 is 1.19 bits per heavy atom. The van der Waals surface area contributed by atoms with Gasteiger partial charge in [-0.25, -0.2) is 13.6 Å². The molecule has 0 saturated heterocycles. The molecule has 0 aromatic heterocycles. The van der Waals surface area contributed by atoms with E-state index < -0.39 is 23.7 Å². The minimum Gasteiger partial charge on any atom is -0.444 e. The highest BCUT2D eigenvalue weighted by atomic mass is 19.3. The van der Waals surface area contributed by atoms with E-state index in [9.17, 15) is 13.6 Å². The molecule has 0 radical (unpaired) electrons. The Hall–Kier alpha value is -0.870. The van der Waals surface area contributed by atoms with Crippen LogP contribution in [0.3, 0.4) is 0 Å².